The van der Waals surface area contributed by atoms with Crippen LogP contribution in [0.3, 0.4) is 0 Å². The van der Waals surface area contributed by atoms with Gasteiger partial charge in [-0.15, -0.1) is 0 Å². The van der Waals surface area contributed by atoms with E-state index in [2.05, 4.69) is 17.4 Å². The smallest absolute Gasteiger partial charge is 0.119 e. The van der Waals surface area contributed by atoms with Crippen molar-refractivity contribution >= 4 is 0 Å². The van der Waals surface area contributed by atoms with E-state index >= 15 is 0 Å². The minimum absolute atomic E-state index is 0.136. The molecule has 0 aromatic carbocycles. The second-order valence-corrected chi connectivity index (χ2v) is 3.72. The standard InChI is InChI=1S/C11H26N2O2/c1-2-3-4-5-6-7-8-9-10-14-13-15-11-12/h13H,2-12H2,1H3. The Kier molecular flexibility index (Phi) is 13.7. The van der Waals surface area contributed by atoms with E-state index in [0.29, 0.717) is 6.61 Å². The highest BCUT2D eigenvalue weighted by atomic mass is 16.9. The van der Waals surface area contributed by atoms with Crippen molar-refractivity contribution < 1.29 is 9.68 Å². The molecule has 0 saturated carbocycles. The average Bonchev–Trinajstić information content (AvgIpc) is 2.26. The van der Waals surface area contributed by atoms with Crippen LogP contribution in [0.25, 0.3) is 0 Å². The van der Waals surface area contributed by atoms with Crippen molar-refractivity contribution in [2.45, 2.75) is 58.3 Å². The Bertz CT molecular complexity index is 101. The highest BCUT2D eigenvalue weighted by Gasteiger charge is 1.91. The molecule has 0 aliphatic rings. The van der Waals surface area contributed by atoms with E-state index in [9.17, 15) is 0 Å². The highest BCUT2D eigenvalue weighted by Crippen LogP contribution is 2.07. The van der Waals surface area contributed by atoms with Gasteiger partial charge in [0.2, 0.25) is 0 Å². The van der Waals surface area contributed by atoms with Crippen LogP contribution in [0.4, 0.5) is 0 Å². The van der Waals surface area contributed by atoms with E-state index in [4.69, 9.17) is 10.6 Å². The van der Waals surface area contributed by atoms with Gasteiger partial charge in [-0.3, -0.25) is 9.68 Å². The summed E-state index contributed by atoms with van der Waals surface area (Å²) in [5.74, 6) is 0. The summed E-state index contributed by atoms with van der Waals surface area (Å²) in [6, 6.07) is 0. The van der Waals surface area contributed by atoms with Gasteiger partial charge in [-0.05, 0) is 6.42 Å². The molecule has 4 heteroatoms. The van der Waals surface area contributed by atoms with E-state index in [-0.39, 0.29) is 6.73 Å². The normalized spacial score (nSPS) is 10.8. The first-order chi connectivity index (χ1) is 7.41. The lowest BCUT2D eigenvalue weighted by atomic mass is 10.1. The number of rotatable bonds is 12. The van der Waals surface area contributed by atoms with Crippen LogP contribution in [-0.4, -0.2) is 13.3 Å². The van der Waals surface area contributed by atoms with Gasteiger partial charge in [0.25, 0.3) is 0 Å². The zero-order chi connectivity index (χ0) is 11.2. The number of unbranched alkanes of at least 4 members (excludes halogenated alkanes) is 7. The molecular weight excluding hydrogens is 192 g/mol. The van der Waals surface area contributed by atoms with Crippen LogP contribution in [0, 0.1) is 0 Å². The maximum atomic E-state index is 5.08. The molecule has 0 atom stereocenters. The average molecular weight is 218 g/mol. The molecule has 15 heavy (non-hydrogen) atoms. The molecule has 0 heterocycles. The second-order valence-electron chi connectivity index (χ2n) is 3.72. The number of nitrogens with one attached hydrogen (secondary N) is 1. The van der Waals surface area contributed by atoms with E-state index in [1.165, 1.54) is 44.9 Å². The van der Waals surface area contributed by atoms with E-state index in [1.807, 2.05) is 0 Å². The van der Waals surface area contributed by atoms with Crippen LogP contribution in [-0.2, 0) is 9.68 Å². The van der Waals surface area contributed by atoms with Crippen LogP contribution in [0.5, 0.6) is 0 Å². The predicted octanol–water partition coefficient (Wildman–Crippen LogP) is 2.50. The summed E-state index contributed by atoms with van der Waals surface area (Å²) in [4.78, 5) is 9.58. The quantitative estimate of drug-likeness (QED) is 0.300. The van der Waals surface area contributed by atoms with Crippen molar-refractivity contribution in [3.05, 3.63) is 0 Å². The molecule has 92 valence electrons. The summed E-state index contributed by atoms with van der Waals surface area (Å²) in [5, 5.41) is 0. The molecule has 0 bridgehead atoms. The molecule has 0 aliphatic heterocycles. The van der Waals surface area contributed by atoms with Gasteiger partial charge >= 0.3 is 0 Å². The molecule has 0 aromatic heterocycles. The lowest BCUT2D eigenvalue weighted by Crippen LogP contribution is -2.20. The molecule has 0 radical (unpaired) electrons. The number of nitrogens with two attached hydrogens (primary N) is 1. The molecular formula is C11H26N2O2. The van der Waals surface area contributed by atoms with Gasteiger partial charge in [-0.25, -0.2) is 0 Å². The van der Waals surface area contributed by atoms with Crippen LogP contribution in [0.1, 0.15) is 58.3 Å². The lowest BCUT2D eigenvalue weighted by molar-refractivity contribution is -0.169. The Morgan fingerprint density at radius 3 is 2.07 bits per heavy atom. The minimum atomic E-state index is 0.136. The first-order valence-electron chi connectivity index (χ1n) is 6.10. The second kappa shape index (κ2) is 13.8. The summed E-state index contributed by atoms with van der Waals surface area (Å²) in [7, 11) is 0. The minimum Gasteiger partial charge on any atom is -0.307 e. The molecule has 0 fully saturated rings. The maximum absolute atomic E-state index is 5.08. The third kappa shape index (κ3) is 13.8. The Balaban J connectivity index is 2.81. The fourth-order valence-electron chi connectivity index (χ4n) is 1.43. The number of hydrogen-bond acceptors (Lipinski definition) is 4. The predicted molar refractivity (Wildman–Crippen MR) is 61.8 cm³/mol. The Morgan fingerprint density at radius 1 is 0.867 bits per heavy atom. The Labute approximate surface area is 93.4 Å². The van der Waals surface area contributed by atoms with E-state index in [1.54, 1.807) is 0 Å². The zero-order valence-electron chi connectivity index (χ0n) is 9.96. The molecule has 0 aromatic rings. The first kappa shape index (κ1) is 14.8. The molecule has 0 saturated heterocycles. The van der Waals surface area contributed by atoms with E-state index in [0.717, 1.165) is 6.42 Å². The third-order valence-electron chi connectivity index (χ3n) is 2.30. The van der Waals surface area contributed by atoms with Crippen molar-refractivity contribution in [3.8, 4) is 0 Å². The lowest BCUT2D eigenvalue weighted by Gasteiger charge is -2.04. The molecule has 0 amide bonds. The third-order valence-corrected chi connectivity index (χ3v) is 2.30. The van der Waals surface area contributed by atoms with Crippen molar-refractivity contribution in [2.24, 2.45) is 5.73 Å². The largest absolute Gasteiger partial charge is 0.307 e. The van der Waals surface area contributed by atoms with Crippen molar-refractivity contribution in [3.63, 3.8) is 0 Å². The monoisotopic (exact) mass is 218 g/mol. The molecule has 0 unspecified atom stereocenters. The van der Waals surface area contributed by atoms with Gasteiger partial charge in [0.05, 0.1) is 6.61 Å². The van der Waals surface area contributed by atoms with Gasteiger partial charge < -0.3 is 5.73 Å². The van der Waals surface area contributed by atoms with Crippen molar-refractivity contribution in [1.82, 2.24) is 5.64 Å². The summed E-state index contributed by atoms with van der Waals surface area (Å²) >= 11 is 0. The fourth-order valence-corrected chi connectivity index (χ4v) is 1.43. The Hall–Kier alpha value is -0.160. The van der Waals surface area contributed by atoms with Gasteiger partial charge in [0.1, 0.15) is 6.73 Å². The summed E-state index contributed by atoms with van der Waals surface area (Å²) < 4.78 is 0. The molecule has 0 aliphatic carbocycles. The van der Waals surface area contributed by atoms with Crippen LogP contribution < -0.4 is 11.4 Å². The zero-order valence-corrected chi connectivity index (χ0v) is 9.96. The van der Waals surface area contributed by atoms with Crippen LogP contribution in [0.15, 0.2) is 0 Å². The first-order valence-corrected chi connectivity index (χ1v) is 6.10. The van der Waals surface area contributed by atoms with Crippen molar-refractivity contribution in [1.29, 1.82) is 0 Å². The van der Waals surface area contributed by atoms with Gasteiger partial charge in [0, 0.05) is 0 Å². The van der Waals surface area contributed by atoms with Gasteiger partial charge in [-0.2, -0.15) is 0 Å². The van der Waals surface area contributed by atoms with Crippen LogP contribution >= 0.6 is 0 Å². The van der Waals surface area contributed by atoms with Gasteiger partial charge in [0.15, 0.2) is 0 Å². The van der Waals surface area contributed by atoms with Crippen LogP contribution in [0.2, 0.25) is 0 Å². The highest BCUT2D eigenvalue weighted by molar-refractivity contribution is 4.45. The maximum Gasteiger partial charge on any atom is 0.119 e. The molecule has 0 rings (SSSR count). The summed E-state index contributed by atoms with van der Waals surface area (Å²) in [6.45, 7) is 3.07. The Morgan fingerprint density at radius 2 is 1.47 bits per heavy atom. The topological polar surface area (TPSA) is 56.5 Å². The number of hydrogen-bond donors (Lipinski definition) is 2. The molecule has 0 spiro atoms. The van der Waals surface area contributed by atoms with Crippen molar-refractivity contribution in [2.75, 3.05) is 13.3 Å². The summed E-state index contributed by atoms with van der Waals surface area (Å²) in [5.41, 5.74) is 7.41. The fraction of sp³-hybridized carbons (Fsp3) is 1.00. The SMILES string of the molecule is CCCCCCCCCCONOCN. The molecule has 4 nitrogen and oxygen atoms in total. The van der Waals surface area contributed by atoms with Gasteiger partial charge in [-0.1, -0.05) is 57.5 Å². The molecule has 3 N–H and O–H groups in total. The summed E-state index contributed by atoms with van der Waals surface area (Å²) in [6.07, 6.45) is 10.4. The van der Waals surface area contributed by atoms with E-state index < -0.39 is 0 Å².